The van der Waals surface area contributed by atoms with Crippen LogP contribution in [0.4, 0.5) is 4.39 Å². The Morgan fingerprint density at radius 3 is 2.90 bits per heavy atom. The van der Waals surface area contributed by atoms with Gasteiger partial charge in [0.25, 0.3) is 0 Å². The van der Waals surface area contributed by atoms with Gasteiger partial charge in [-0.1, -0.05) is 0 Å². The third-order valence-electron chi connectivity index (χ3n) is 3.95. The predicted molar refractivity (Wildman–Crippen MR) is 78.5 cm³/mol. The first-order chi connectivity index (χ1) is 9.91. The summed E-state index contributed by atoms with van der Waals surface area (Å²) in [5.74, 6) is -0.330. The molecule has 116 valence electrons. The quantitative estimate of drug-likeness (QED) is 0.872. The topological polar surface area (TPSA) is 55.8 Å². The van der Waals surface area contributed by atoms with Gasteiger partial charge in [-0.25, -0.2) is 4.39 Å². The fourth-order valence-corrected chi connectivity index (χ4v) is 2.75. The second-order valence-electron chi connectivity index (χ2n) is 5.57. The molecular weight excluding hydrogens is 273 g/mol. The molecule has 0 spiro atoms. The van der Waals surface area contributed by atoms with Crippen molar-refractivity contribution in [1.29, 1.82) is 0 Å². The van der Waals surface area contributed by atoms with Crippen LogP contribution in [0.25, 0.3) is 0 Å². The molecule has 1 aromatic carbocycles. The summed E-state index contributed by atoms with van der Waals surface area (Å²) in [4.78, 5) is 15.9. The summed E-state index contributed by atoms with van der Waals surface area (Å²) in [6.07, 6.45) is 0. The molecule has 1 aliphatic rings. The minimum Gasteiger partial charge on any atom is -0.508 e. The summed E-state index contributed by atoms with van der Waals surface area (Å²) in [5.41, 5.74) is 0.508. The summed E-state index contributed by atoms with van der Waals surface area (Å²) >= 11 is 0. The van der Waals surface area contributed by atoms with Crippen molar-refractivity contribution < 1.29 is 14.3 Å². The highest BCUT2D eigenvalue weighted by Gasteiger charge is 2.34. The Hall–Kier alpha value is -1.66. The molecule has 2 rings (SSSR count). The van der Waals surface area contributed by atoms with Gasteiger partial charge in [0.2, 0.25) is 5.91 Å². The van der Waals surface area contributed by atoms with E-state index in [9.17, 15) is 14.3 Å². The van der Waals surface area contributed by atoms with Gasteiger partial charge >= 0.3 is 0 Å². The summed E-state index contributed by atoms with van der Waals surface area (Å²) in [5, 5.41) is 13.2. The van der Waals surface area contributed by atoms with Crippen LogP contribution in [0, 0.1) is 5.82 Å². The lowest BCUT2D eigenvalue weighted by molar-refractivity contribution is -0.136. The molecule has 1 aliphatic heterocycles. The molecule has 2 atom stereocenters. The van der Waals surface area contributed by atoms with Crippen molar-refractivity contribution in [2.75, 3.05) is 33.7 Å². The number of likely N-dealkylation sites (N-methyl/N-ethyl adjacent to an activating group) is 1. The first kappa shape index (κ1) is 15.7. The number of carbonyl (C=O) groups is 1. The SMILES string of the molecule is CC(c1cc(F)ccc1O)N1CCNCC1C(=O)N(C)C. The minimum absolute atomic E-state index is 0.00458. The van der Waals surface area contributed by atoms with E-state index in [4.69, 9.17) is 0 Å². The zero-order valence-corrected chi connectivity index (χ0v) is 12.6. The molecule has 1 amide bonds. The van der Waals surface area contributed by atoms with Crippen molar-refractivity contribution >= 4 is 5.91 Å². The van der Waals surface area contributed by atoms with Gasteiger partial charge in [-0.15, -0.1) is 0 Å². The lowest BCUT2D eigenvalue weighted by atomic mass is 10.0. The first-order valence-electron chi connectivity index (χ1n) is 7.08. The first-order valence-corrected chi connectivity index (χ1v) is 7.08. The Morgan fingerprint density at radius 2 is 2.24 bits per heavy atom. The van der Waals surface area contributed by atoms with E-state index < -0.39 is 0 Å². The molecule has 2 unspecified atom stereocenters. The number of carbonyl (C=O) groups excluding carboxylic acids is 1. The molecule has 1 saturated heterocycles. The van der Waals surface area contributed by atoms with E-state index in [2.05, 4.69) is 5.32 Å². The molecule has 1 fully saturated rings. The zero-order valence-electron chi connectivity index (χ0n) is 12.6. The number of halogens is 1. The van der Waals surface area contributed by atoms with Crippen molar-refractivity contribution in [3.8, 4) is 5.75 Å². The van der Waals surface area contributed by atoms with E-state index in [0.717, 1.165) is 6.54 Å². The van der Waals surface area contributed by atoms with Crippen LogP contribution < -0.4 is 5.32 Å². The van der Waals surface area contributed by atoms with Crippen LogP contribution in [0.2, 0.25) is 0 Å². The molecule has 6 heteroatoms. The Bertz CT molecular complexity index is 522. The van der Waals surface area contributed by atoms with Crippen LogP contribution in [-0.2, 0) is 4.79 Å². The third-order valence-corrected chi connectivity index (χ3v) is 3.95. The molecule has 5 nitrogen and oxygen atoms in total. The fraction of sp³-hybridized carbons (Fsp3) is 0.533. The Kier molecular flexibility index (Phi) is 4.80. The van der Waals surface area contributed by atoms with E-state index in [-0.39, 0.29) is 29.6 Å². The van der Waals surface area contributed by atoms with Crippen LogP contribution in [-0.4, -0.2) is 60.6 Å². The number of rotatable bonds is 3. The van der Waals surface area contributed by atoms with Crippen LogP contribution in [0.3, 0.4) is 0 Å². The lowest BCUT2D eigenvalue weighted by Gasteiger charge is -2.40. The van der Waals surface area contributed by atoms with Gasteiger partial charge in [-0.2, -0.15) is 0 Å². The second-order valence-corrected chi connectivity index (χ2v) is 5.57. The van der Waals surface area contributed by atoms with Crippen LogP contribution in [0.5, 0.6) is 5.75 Å². The van der Waals surface area contributed by atoms with Crippen molar-refractivity contribution in [2.24, 2.45) is 0 Å². The molecule has 1 aromatic rings. The number of amides is 1. The molecule has 0 saturated carbocycles. The summed E-state index contributed by atoms with van der Waals surface area (Å²) in [7, 11) is 3.44. The monoisotopic (exact) mass is 295 g/mol. The fourth-order valence-electron chi connectivity index (χ4n) is 2.75. The number of hydrogen-bond acceptors (Lipinski definition) is 4. The highest BCUT2D eigenvalue weighted by atomic mass is 19.1. The maximum Gasteiger partial charge on any atom is 0.240 e. The predicted octanol–water partition coefficient (Wildman–Crippen LogP) is 0.954. The number of phenols is 1. The second kappa shape index (κ2) is 6.41. The van der Waals surface area contributed by atoms with Crippen molar-refractivity contribution in [3.63, 3.8) is 0 Å². The van der Waals surface area contributed by atoms with E-state index in [1.165, 1.54) is 18.2 Å². The number of piperazine rings is 1. The normalized spacial score (nSPS) is 21.0. The molecule has 0 bridgehead atoms. The molecule has 0 aromatic heterocycles. The van der Waals surface area contributed by atoms with Gasteiger partial charge in [0.05, 0.1) is 0 Å². The highest BCUT2D eigenvalue weighted by Crippen LogP contribution is 2.31. The van der Waals surface area contributed by atoms with Gasteiger partial charge in [-0.3, -0.25) is 9.69 Å². The summed E-state index contributed by atoms with van der Waals surface area (Å²) < 4.78 is 13.4. The van der Waals surface area contributed by atoms with E-state index >= 15 is 0 Å². The third kappa shape index (κ3) is 3.33. The van der Waals surface area contributed by atoms with E-state index in [0.29, 0.717) is 18.7 Å². The number of aromatic hydroxyl groups is 1. The van der Waals surface area contributed by atoms with Crippen molar-refractivity contribution in [3.05, 3.63) is 29.6 Å². The maximum atomic E-state index is 13.4. The number of hydrogen-bond donors (Lipinski definition) is 2. The van der Waals surface area contributed by atoms with Crippen LogP contribution in [0.1, 0.15) is 18.5 Å². The Labute approximate surface area is 124 Å². The maximum absolute atomic E-state index is 13.4. The molecular formula is C15H22FN3O2. The Balaban J connectivity index is 2.28. The largest absolute Gasteiger partial charge is 0.508 e. The van der Waals surface area contributed by atoms with Gasteiger partial charge in [0.1, 0.15) is 17.6 Å². The molecule has 1 heterocycles. The van der Waals surface area contributed by atoms with E-state index in [1.807, 2.05) is 11.8 Å². The Morgan fingerprint density at radius 1 is 1.52 bits per heavy atom. The van der Waals surface area contributed by atoms with E-state index in [1.54, 1.807) is 19.0 Å². The minimum atomic E-state index is -0.389. The van der Waals surface area contributed by atoms with Crippen LogP contribution >= 0.6 is 0 Å². The number of nitrogens with zero attached hydrogens (tertiary/aromatic N) is 2. The molecule has 21 heavy (non-hydrogen) atoms. The zero-order chi connectivity index (χ0) is 15.6. The average molecular weight is 295 g/mol. The summed E-state index contributed by atoms with van der Waals surface area (Å²) in [6.45, 7) is 3.87. The van der Waals surface area contributed by atoms with Crippen molar-refractivity contribution in [1.82, 2.24) is 15.1 Å². The molecule has 0 radical (unpaired) electrons. The highest BCUT2D eigenvalue weighted by molar-refractivity contribution is 5.81. The molecule has 2 N–H and O–H groups in total. The van der Waals surface area contributed by atoms with Gasteiger partial charge in [0.15, 0.2) is 0 Å². The number of nitrogens with one attached hydrogen (secondary N) is 1. The smallest absolute Gasteiger partial charge is 0.240 e. The van der Waals surface area contributed by atoms with Gasteiger partial charge < -0.3 is 15.3 Å². The number of phenolic OH excluding ortho intramolecular Hbond substituents is 1. The van der Waals surface area contributed by atoms with Crippen molar-refractivity contribution in [2.45, 2.75) is 19.0 Å². The van der Waals surface area contributed by atoms with Gasteiger partial charge in [-0.05, 0) is 25.1 Å². The lowest BCUT2D eigenvalue weighted by Crippen LogP contribution is -2.58. The molecule has 0 aliphatic carbocycles. The van der Waals surface area contributed by atoms with Gasteiger partial charge in [0, 0.05) is 45.3 Å². The standard InChI is InChI=1S/C15H22FN3O2/c1-10(12-8-11(16)4-5-14(12)20)19-7-6-17-9-13(19)15(21)18(2)3/h4-5,8,10,13,17,20H,6-7,9H2,1-3H3. The van der Waals surface area contributed by atoms with Crippen LogP contribution in [0.15, 0.2) is 18.2 Å². The summed E-state index contributed by atoms with van der Waals surface area (Å²) in [6, 6.07) is 3.36. The number of benzene rings is 1. The average Bonchev–Trinajstić information content (AvgIpc) is 2.48.